The van der Waals surface area contributed by atoms with Gasteiger partial charge in [-0.1, -0.05) is 54.2 Å². The fourth-order valence-corrected chi connectivity index (χ4v) is 4.70. The molecule has 1 aliphatic rings. The van der Waals surface area contributed by atoms with Gasteiger partial charge in [-0.2, -0.15) is 0 Å². The number of aromatic nitrogens is 3. The Labute approximate surface area is 199 Å². The lowest BCUT2D eigenvalue weighted by molar-refractivity contribution is -0.113. The minimum atomic E-state index is -0.529. The van der Waals surface area contributed by atoms with Crippen LogP contribution in [0.3, 0.4) is 0 Å². The van der Waals surface area contributed by atoms with Crippen molar-refractivity contribution in [3.63, 3.8) is 0 Å². The summed E-state index contributed by atoms with van der Waals surface area (Å²) in [5.41, 5.74) is 3.37. The molecule has 1 fully saturated rings. The van der Waals surface area contributed by atoms with Gasteiger partial charge in [0.1, 0.15) is 11.0 Å². The number of nitrogens with one attached hydrogen (secondary N) is 2. The quantitative estimate of drug-likeness (QED) is 0.236. The number of hydrogen-bond donors (Lipinski definition) is 2. The third-order valence-electron chi connectivity index (χ3n) is 5.63. The second-order valence-corrected chi connectivity index (χ2v) is 8.91. The van der Waals surface area contributed by atoms with Gasteiger partial charge in [-0.25, -0.2) is 9.78 Å². The van der Waals surface area contributed by atoms with Gasteiger partial charge in [-0.15, -0.1) is 0 Å². The minimum Gasteiger partial charge on any atom is -0.465 e. The lowest BCUT2D eigenvalue weighted by Crippen LogP contribution is -2.23. The maximum Gasteiger partial charge on any atom is 0.339 e. The molecule has 1 aliphatic carbocycles. The summed E-state index contributed by atoms with van der Waals surface area (Å²) < 4.78 is 6.47. The second kappa shape index (κ2) is 9.18. The van der Waals surface area contributed by atoms with Crippen molar-refractivity contribution in [3.05, 3.63) is 76.7 Å². The number of carbonyl (C=O) groups excluding carboxylic acids is 2. The van der Waals surface area contributed by atoms with E-state index in [-0.39, 0.29) is 28.8 Å². The van der Waals surface area contributed by atoms with Crippen LogP contribution in [0.25, 0.3) is 22.2 Å². The summed E-state index contributed by atoms with van der Waals surface area (Å²) in [6.07, 6.45) is 3.62. The number of aromatic amines is 1. The molecule has 0 radical (unpaired) electrons. The largest absolute Gasteiger partial charge is 0.465 e. The highest BCUT2D eigenvalue weighted by Crippen LogP contribution is 2.37. The number of rotatable bonds is 7. The van der Waals surface area contributed by atoms with Gasteiger partial charge in [0.25, 0.3) is 5.56 Å². The highest BCUT2D eigenvalue weighted by atomic mass is 32.2. The van der Waals surface area contributed by atoms with E-state index in [1.165, 1.54) is 18.9 Å². The van der Waals surface area contributed by atoms with Crippen LogP contribution in [-0.4, -0.2) is 39.3 Å². The van der Waals surface area contributed by atoms with Crippen LogP contribution < -0.4 is 10.9 Å². The summed E-state index contributed by atoms with van der Waals surface area (Å²) in [6, 6.07) is 16.5. The Hall–Kier alpha value is -3.85. The molecule has 0 aliphatic heterocycles. The summed E-state index contributed by atoms with van der Waals surface area (Å²) in [6.45, 7) is 0. The number of para-hydroxylation sites is 1. The van der Waals surface area contributed by atoms with Gasteiger partial charge in [0.05, 0.1) is 24.1 Å². The van der Waals surface area contributed by atoms with E-state index < -0.39 is 5.97 Å². The predicted molar refractivity (Wildman–Crippen MR) is 131 cm³/mol. The number of anilines is 1. The Balaban J connectivity index is 1.44. The van der Waals surface area contributed by atoms with Gasteiger partial charge >= 0.3 is 5.97 Å². The van der Waals surface area contributed by atoms with E-state index >= 15 is 0 Å². The number of carbonyl (C=O) groups is 2. The molecule has 5 rings (SSSR count). The zero-order chi connectivity index (χ0) is 23.7. The van der Waals surface area contributed by atoms with Crippen LogP contribution in [0.2, 0.25) is 0 Å². The minimum absolute atomic E-state index is 0.0330. The van der Waals surface area contributed by atoms with E-state index in [1.807, 2.05) is 30.3 Å². The second-order valence-electron chi connectivity index (χ2n) is 7.97. The highest BCUT2D eigenvalue weighted by Gasteiger charge is 2.30. The van der Waals surface area contributed by atoms with Crippen LogP contribution in [0.1, 0.15) is 29.2 Å². The van der Waals surface area contributed by atoms with Crippen LogP contribution in [0.4, 0.5) is 5.69 Å². The van der Waals surface area contributed by atoms with Crippen molar-refractivity contribution in [1.29, 1.82) is 0 Å². The van der Waals surface area contributed by atoms with Crippen LogP contribution >= 0.6 is 11.8 Å². The van der Waals surface area contributed by atoms with Gasteiger partial charge < -0.3 is 15.0 Å². The van der Waals surface area contributed by atoms with E-state index in [2.05, 4.69) is 10.3 Å². The van der Waals surface area contributed by atoms with E-state index in [4.69, 9.17) is 9.72 Å². The standard InChI is InChI=1S/C25H22N4O4S/c1-33-24(32)17-9-5-6-10-19(17)27-20(30)14-34-25-28-21-18(15-7-3-2-4-8-15)13-26-22(21)23(31)29(25)16-11-12-16/h2-10,13,16,26H,11-12,14H2,1H3,(H,27,30). The number of thioether (sulfide) groups is 1. The molecule has 2 aromatic carbocycles. The first-order valence-electron chi connectivity index (χ1n) is 10.9. The zero-order valence-corrected chi connectivity index (χ0v) is 19.2. The third kappa shape index (κ3) is 4.22. The molecule has 0 saturated heterocycles. The molecule has 172 valence electrons. The number of methoxy groups -OCH3 is 1. The number of benzene rings is 2. The maximum absolute atomic E-state index is 13.3. The number of amides is 1. The molecule has 2 aromatic heterocycles. The van der Waals surface area contributed by atoms with Gasteiger partial charge in [0.15, 0.2) is 5.16 Å². The number of esters is 1. The Kier molecular flexibility index (Phi) is 5.93. The summed E-state index contributed by atoms with van der Waals surface area (Å²) in [7, 11) is 1.29. The summed E-state index contributed by atoms with van der Waals surface area (Å²) in [4.78, 5) is 45.9. The molecule has 1 amide bonds. The fraction of sp³-hybridized carbons (Fsp3) is 0.200. The number of ether oxygens (including phenoxy) is 1. The molecule has 1 saturated carbocycles. The molecule has 0 atom stereocenters. The van der Waals surface area contributed by atoms with Crippen LogP contribution in [0.15, 0.2) is 70.7 Å². The lowest BCUT2D eigenvalue weighted by Gasteiger charge is -2.12. The van der Waals surface area contributed by atoms with Gasteiger partial charge in [-0.3, -0.25) is 14.2 Å². The van der Waals surface area contributed by atoms with Crippen molar-refractivity contribution >= 4 is 40.4 Å². The summed E-state index contributed by atoms with van der Waals surface area (Å²) in [5, 5.41) is 3.27. The van der Waals surface area contributed by atoms with Crippen molar-refractivity contribution in [2.24, 2.45) is 0 Å². The molecular formula is C25H22N4O4S. The van der Waals surface area contributed by atoms with E-state index in [0.29, 0.717) is 21.9 Å². The Morgan fingerprint density at radius 3 is 2.62 bits per heavy atom. The number of H-pyrrole nitrogens is 1. The van der Waals surface area contributed by atoms with Crippen LogP contribution in [0.5, 0.6) is 0 Å². The molecule has 0 bridgehead atoms. The highest BCUT2D eigenvalue weighted by molar-refractivity contribution is 7.99. The van der Waals surface area contributed by atoms with Crippen molar-refractivity contribution < 1.29 is 14.3 Å². The van der Waals surface area contributed by atoms with Crippen molar-refractivity contribution in [3.8, 4) is 11.1 Å². The van der Waals surface area contributed by atoms with Crippen molar-refractivity contribution in [1.82, 2.24) is 14.5 Å². The SMILES string of the molecule is COC(=O)c1ccccc1NC(=O)CSc1nc2c(-c3ccccc3)c[nH]c2c(=O)n1C1CC1. The smallest absolute Gasteiger partial charge is 0.339 e. The third-order valence-corrected chi connectivity index (χ3v) is 6.59. The van der Waals surface area contributed by atoms with Gasteiger partial charge in [0, 0.05) is 17.8 Å². The first-order valence-corrected chi connectivity index (χ1v) is 11.8. The molecule has 2 N–H and O–H groups in total. The number of nitrogens with zero attached hydrogens (tertiary/aromatic N) is 2. The first kappa shape index (κ1) is 22.0. The molecule has 0 spiro atoms. The van der Waals surface area contributed by atoms with E-state index in [9.17, 15) is 14.4 Å². The Morgan fingerprint density at radius 1 is 1.15 bits per heavy atom. The Morgan fingerprint density at radius 2 is 1.88 bits per heavy atom. The normalized spacial score (nSPS) is 13.1. The molecule has 4 aromatic rings. The van der Waals surface area contributed by atoms with Gasteiger partial charge in [-0.05, 0) is 30.5 Å². The molecule has 8 nitrogen and oxygen atoms in total. The first-order chi connectivity index (χ1) is 16.6. The topological polar surface area (TPSA) is 106 Å². The molecular weight excluding hydrogens is 452 g/mol. The summed E-state index contributed by atoms with van der Waals surface area (Å²) >= 11 is 1.21. The van der Waals surface area contributed by atoms with Crippen LogP contribution in [0, 0.1) is 0 Å². The zero-order valence-electron chi connectivity index (χ0n) is 18.4. The molecule has 34 heavy (non-hydrogen) atoms. The van der Waals surface area contributed by atoms with Crippen molar-refractivity contribution in [2.75, 3.05) is 18.2 Å². The average molecular weight is 475 g/mol. The average Bonchev–Trinajstić information content (AvgIpc) is 3.61. The monoisotopic (exact) mass is 474 g/mol. The number of fused-ring (bicyclic) bond motifs is 1. The molecule has 2 heterocycles. The lowest BCUT2D eigenvalue weighted by atomic mass is 10.1. The van der Waals surface area contributed by atoms with Gasteiger partial charge in [0.2, 0.25) is 5.91 Å². The van der Waals surface area contributed by atoms with Crippen LogP contribution in [-0.2, 0) is 9.53 Å². The number of hydrogen-bond acceptors (Lipinski definition) is 6. The fourth-order valence-electron chi connectivity index (χ4n) is 3.84. The van der Waals surface area contributed by atoms with Crippen molar-refractivity contribution in [2.45, 2.75) is 24.0 Å². The predicted octanol–water partition coefficient (Wildman–Crippen LogP) is 4.24. The molecule has 9 heteroatoms. The maximum atomic E-state index is 13.3. The molecule has 0 unspecified atom stereocenters. The van der Waals surface area contributed by atoms with E-state index in [1.54, 1.807) is 35.0 Å². The van der Waals surface area contributed by atoms with E-state index in [0.717, 1.165) is 24.0 Å². The summed E-state index contributed by atoms with van der Waals surface area (Å²) in [5.74, 6) is -0.805. The Bertz CT molecular complexity index is 1440.